The lowest BCUT2D eigenvalue weighted by atomic mass is 10.1. The van der Waals surface area contributed by atoms with Gasteiger partial charge in [-0.1, -0.05) is 35.3 Å². The fourth-order valence-electron chi connectivity index (χ4n) is 1.90. The summed E-state index contributed by atoms with van der Waals surface area (Å²) in [6, 6.07) is 12.4. The van der Waals surface area contributed by atoms with Gasteiger partial charge >= 0.3 is 0 Å². The van der Waals surface area contributed by atoms with E-state index in [-0.39, 0.29) is 11.9 Å². The molecule has 4 heteroatoms. The van der Waals surface area contributed by atoms with Crippen molar-refractivity contribution >= 4 is 28.9 Å². The zero-order chi connectivity index (χ0) is 13.8. The molecule has 0 amide bonds. The van der Waals surface area contributed by atoms with Gasteiger partial charge in [0.2, 0.25) is 0 Å². The van der Waals surface area contributed by atoms with E-state index in [1.54, 1.807) is 12.1 Å². The van der Waals surface area contributed by atoms with Crippen LogP contribution >= 0.6 is 23.2 Å². The highest BCUT2D eigenvalue weighted by atomic mass is 35.5. The van der Waals surface area contributed by atoms with Crippen molar-refractivity contribution in [2.24, 2.45) is 0 Å². The molecule has 0 spiro atoms. The molecule has 0 heterocycles. The fourth-order valence-corrected chi connectivity index (χ4v) is 2.18. The van der Waals surface area contributed by atoms with Crippen LogP contribution in [0.1, 0.15) is 12.5 Å². The quantitative estimate of drug-likeness (QED) is 0.820. The Morgan fingerprint density at radius 1 is 1.05 bits per heavy atom. The minimum atomic E-state index is -0.338. The van der Waals surface area contributed by atoms with Crippen molar-refractivity contribution in [1.82, 2.24) is 0 Å². The Kier molecular flexibility index (Phi) is 4.67. The molecule has 0 aliphatic rings. The Labute approximate surface area is 122 Å². The molecular formula is C15H14Cl2FN. The molecule has 1 atom stereocenters. The van der Waals surface area contributed by atoms with Gasteiger partial charge in [0, 0.05) is 16.1 Å². The van der Waals surface area contributed by atoms with Crippen molar-refractivity contribution in [3.05, 3.63) is 63.9 Å². The summed E-state index contributed by atoms with van der Waals surface area (Å²) < 4.78 is 13.6. The molecule has 0 aromatic heterocycles. The van der Waals surface area contributed by atoms with E-state index in [0.29, 0.717) is 15.7 Å². The van der Waals surface area contributed by atoms with Crippen molar-refractivity contribution in [2.75, 3.05) is 5.32 Å². The molecule has 1 unspecified atom stereocenters. The number of rotatable bonds is 4. The lowest BCUT2D eigenvalue weighted by Gasteiger charge is -2.16. The number of nitrogens with one attached hydrogen (secondary N) is 1. The third kappa shape index (κ3) is 4.12. The van der Waals surface area contributed by atoms with Crippen LogP contribution in [0.4, 0.5) is 10.1 Å². The van der Waals surface area contributed by atoms with Crippen molar-refractivity contribution in [3.63, 3.8) is 0 Å². The molecular weight excluding hydrogens is 284 g/mol. The van der Waals surface area contributed by atoms with Crippen LogP contribution in [0.5, 0.6) is 0 Å². The first-order chi connectivity index (χ1) is 9.04. The lowest BCUT2D eigenvalue weighted by Crippen LogP contribution is -2.18. The smallest absolute Gasteiger partial charge is 0.147 e. The minimum Gasteiger partial charge on any atom is -0.380 e. The third-order valence-electron chi connectivity index (χ3n) is 2.79. The molecule has 19 heavy (non-hydrogen) atoms. The zero-order valence-electron chi connectivity index (χ0n) is 10.5. The van der Waals surface area contributed by atoms with Gasteiger partial charge in [-0.15, -0.1) is 0 Å². The molecule has 100 valence electrons. The highest BCUT2D eigenvalue weighted by molar-refractivity contribution is 6.30. The predicted molar refractivity (Wildman–Crippen MR) is 79.7 cm³/mol. The van der Waals surface area contributed by atoms with E-state index in [0.717, 1.165) is 12.0 Å². The van der Waals surface area contributed by atoms with Crippen LogP contribution in [0, 0.1) is 5.82 Å². The Balaban J connectivity index is 2.01. The largest absolute Gasteiger partial charge is 0.380 e. The first-order valence-electron chi connectivity index (χ1n) is 6.00. The molecule has 0 aliphatic heterocycles. The normalized spacial score (nSPS) is 12.2. The summed E-state index contributed by atoms with van der Waals surface area (Å²) in [7, 11) is 0. The number of hydrogen-bond acceptors (Lipinski definition) is 1. The topological polar surface area (TPSA) is 12.0 Å². The number of hydrogen-bond donors (Lipinski definition) is 1. The van der Waals surface area contributed by atoms with Gasteiger partial charge in [0.25, 0.3) is 0 Å². The summed E-state index contributed by atoms with van der Waals surface area (Å²) in [4.78, 5) is 0. The van der Waals surface area contributed by atoms with Gasteiger partial charge in [-0.25, -0.2) is 4.39 Å². The van der Waals surface area contributed by atoms with Gasteiger partial charge < -0.3 is 5.32 Å². The van der Waals surface area contributed by atoms with Crippen molar-refractivity contribution in [2.45, 2.75) is 19.4 Å². The fraction of sp³-hybridized carbons (Fsp3) is 0.200. The average molecular weight is 298 g/mol. The maximum atomic E-state index is 13.6. The average Bonchev–Trinajstić information content (AvgIpc) is 2.36. The standard InChI is InChI=1S/C15H14Cl2FN/c1-10(8-11-2-4-12(16)5-3-11)19-15-7-6-13(17)9-14(15)18/h2-7,9-10,19H,8H2,1H3. The van der Waals surface area contributed by atoms with Crippen LogP contribution in [-0.2, 0) is 6.42 Å². The van der Waals surface area contributed by atoms with E-state index >= 15 is 0 Å². The number of benzene rings is 2. The SMILES string of the molecule is CC(Cc1ccc(Cl)cc1)Nc1ccc(Cl)cc1F. The van der Waals surface area contributed by atoms with Crippen LogP contribution in [0.3, 0.4) is 0 Å². The summed E-state index contributed by atoms with van der Waals surface area (Å²) in [6.45, 7) is 2.00. The van der Waals surface area contributed by atoms with Gasteiger partial charge in [-0.05, 0) is 49.2 Å². The first kappa shape index (κ1) is 14.2. The molecule has 0 bridgehead atoms. The maximum absolute atomic E-state index is 13.6. The van der Waals surface area contributed by atoms with Crippen LogP contribution in [0.15, 0.2) is 42.5 Å². The summed E-state index contributed by atoms with van der Waals surface area (Å²) in [5, 5.41) is 4.25. The van der Waals surface area contributed by atoms with E-state index in [4.69, 9.17) is 23.2 Å². The van der Waals surface area contributed by atoms with E-state index in [2.05, 4.69) is 5.32 Å². The summed E-state index contributed by atoms with van der Waals surface area (Å²) >= 11 is 11.6. The monoisotopic (exact) mass is 297 g/mol. The van der Waals surface area contributed by atoms with Gasteiger partial charge in [0.1, 0.15) is 5.82 Å². The lowest BCUT2D eigenvalue weighted by molar-refractivity contribution is 0.626. The second-order valence-electron chi connectivity index (χ2n) is 4.50. The van der Waals surface area contributed by atoms with E-state index in [1.165, 1.54) is 6.07 Å². The van der Waals surface area contributed by atoms with E-state index in [9.17, 15) is 4.39 Å². The summed E-state index contributed by atoms with van der Waals surface area (Å²) in [5.41, 5.74) is 1.62. The Bertz CT molecular complexity index is 555. The highest BCUT2D eigenvalue weighted by Crippen LogP contribution is 2.20. The molecule has 2 rings (SSSR count). The Hall–Kier alpha value is -1.25. The molecule has 0 saturated carbocycles. The maximum Gasteiger partial charge on any atom is 0.147 e. The van der Waals surface area contributed by atoms with Crippen molar-refractivity contribution < 1.29 is 4.39 Å². The van der Waals surface area contributed by atoms with Crippen LogP contribution in [0.2, 0.25) is 10.0 Å². The minimum absolute atomic E-state index is 0.108. The summed E-state index contributed by atoms with van der Waals surface area (Å²) in [6.07, 6.45) is 0.791. The Morgan fingerprint density at radius 2 is 1.68 bits per heavy atom. The van der Waals surface area contributed by atoms with Gasteiger partial charge in [-0.2, -0.15) is 0 Å². The molecule has 0 saturated heterocycles. The molecule has 2 aromatic rings. The van der Waals surface area contributed by atoms with Gasteiger partial charge in [-0.3, -0.25) is 0 Å². The number of anilines is 1. The molecule has 0 radical (unpaired) electrons. The van der Waals surface area contributed by atoms with Crippen LogP contribution < -0.4 is 5.32 Å². The van der Waals surface area contributed by atoms with E-state index in [1.807, 2.05) is 31.2 Å². The second-order valence-corrected chi connectivity index (χ2v) is 5.37. The van der Waals surface area contributed by atoms with Gasteiger partial charge in [0.15, 0.2) is 0 Å². The van der Waals surface area contributed by atoms with Gasteiger partial charge in [0.05, 0.1) is 5.69 Å². The second kappa shape index (κ2) is 6.27. The molecule has 1 N–H and O–H groups in total. The third-order valence-corrected chi connectivity index (χ3v) is 3.28. The first-order valence-corrected chi connectivity index (χ1v) is 6.76. The Morgan fingerprint density at radius 3 is 2.32 bits per heavy atom. The summed E-state index contributed by atoms with van der Waals surface area (Å²) in [5.74, 6) is -0.338. The molecule has 0 fully saturated rings. The van der Waals surface area contributed by atoms with Crippen LogP contribution in [0.25, 0.3) is 0 Å². The predicted octanol–water partition coefficient (Wildman–Crippen LogP) is 5.18. The highest BCUT2D eigenvalue weighted by Gasteiger charge is 2.07. The van der Waals surface area contributed by atoms with E-state index < -0.39 is 0 Å². The van der Waals surface area contributed by atoms with Crippen molar-refractivity contribution in [3.8, 4) is 0 Å². The van der Waals surface area contributed by atoms with Crippen molar-refractivity contribution in [1.29, 1.82) is 0 Å². The van der Waals surface area contributed by atoms with Crippen LogP contribution in [-0.4, -0.2) is 6.04 Å². The molecule has 2 aromatic carbocycles. The number of halogens is 3. The molecule has 1 nitrogen and oxygen atoms in total. The molecule has 0 aliphatic carbocycles. The zero-order valence-corrected chi connectivity index (χ0v) is 12.0.